The highest BCUT2D eigenvalue weighted by molar-refractivity contribution is 8.00. The third kappa shape index (κ3) is 5.96. The van der Waals surface area contributed by atoms with E-state index in [-0.39, 0.29) is 35.8 Å². The molecular formula is C10H18F3NOS. The van der Waals surface area contributed by atoms with Gasteiger partial charge in [0.15, 0.2) is 0 Å². The van der Waals surface area contributed by atoms with Gasteiger partial charge >= 0.3 is 5.51 Å². The van der Waals surface area contributed by atoms with Gasteiger partial charge in [-0.05, 0) is 38.5 Å². The second-order valence-corrected chi connectivity index (χ2v) is 5.33. The fraction of sp³-hybridized carbons (Fsp3) is 1.00. The summed E-state index contributed by atoms with van der Waals surface area (Å²) in [6.45, 7) is 4.39. The fourth-order valence-electron chi connectivity index (χ4n) is 2.00. The van der Waals surface area contributed by atoms with Crippen molar-refractivity contribution in [2.45, 2.75) is 50.4 Å². The summed E-state index contributed by atoms with van der Waals surface area (Å²) in [4.78, 5) is 0. The lowest BCUT2D eigenvalue weighted by atomic mass is 10.00. The van der Waals surface area contributed by atoms with E-state index in [1.54, 1.807) is 0 Å². The van der Waals surface area contributed by atoms with Crippen LogP contribution in [0.1, 0.15) is 26.7 Å². The topological polar surface area (TPSA) is 21.3 Å². The minimum atomic E-state index is -4.11. The number of thioether (sulfide) groups is 1. The molecular weight excluding hydrogens is 239 g/mol. The Labute approximate surface area is 98.3 Å². The molecule has 1 saturated heterocycles. The van der Waals surface area contributed by atoms with Gasteiger partial charge in [0.05, 0.1) is 12.2 Å². The predicted molar refractivity (Wildman–Crippen MR) is 59.5 cm³/mol. The summed E-state index contributed by atoms with van der Waals surface area (Å²) in [5.41, 5.74) is -4.11. The van der Waals surface area contributed by atoms with E-state index in [4.69, 9.17) is 4.74 Å². The van der Waals surface area contributed by atoms with Gasteiger partial charge in [-0.1, -0.05) is 0 Å². The van der Waals surface area contributed by atoms with E-state index in [1.165, 1.54) is 0 Å². The predicted octanol–water partition coefficient (Wildman–Crippen LogP) is 2.79. The molecule has 0 spiro atoms. The summed E-state index contributed by atoms with van der Waals surface area (Å²) in [5, 5.41) is 3.15. The molecule has 0 saturated carbocycles. The standard InChI is InChI=1S/C10H18F3NOS/c1-7-5-9(6-8(2)15-7)14-3-4-16-10(11,12)13/h7-9,14H,3-6H2,1-2H3. The Morgan fingerprint density at radius 2 is 1.81 bits per heavy atom. The van der Waals surface area contributed by atoms with E-state index < -0.39 is 5.51 Å². The summed E-state index contributed by atoms with van der Waals surface area (Å²) in [6.07, 6.45) is 2.13. The summed E-state index contributed by atoms with van der Waals surface area (Å²) < 4.78 is 41.1. The van der Waals surface area contributed by atoms with Crippen molar-refractivity contribution in [1.29, 1.82) is 0 Å². The van der Waals surface area contributed by atoms with Crippen molar-refractivity contribution < 1.29 is 17.9 Å². The summed E-state index contributed by atoms with van der Waals surface area (Å²) in [5.74, 6) is 0.0730. The molecule has 6 heteroatoms. The molecule has 1 aliphatic heterocycles. The molecule has 0 radical (unpaired) electrons. The lowest BCUT2D eigenvalue weighted by Gasteiger charge is -2.32. The smallest absolute Gasteiger partial charge is 0.375 e. The Kier molecular flexibility index (Phi) is 5.40. The monoisotopic (exact) mass is 257 g/mol. The Balaban J connectivity index is 2.13. The van der Waals surface area contributed by atoms with E-state index in [2.05, 4.69) is 5.32 Å². The number of nitrogens with one attached hydrogen (secondary N) is 1. The average molecular weight is 257 g/mol. The molecule has 0 aromatic heterocycles. The van der Waals surface area contributed by atoms with Crippen LogP contribution in [0.15, 0.2) is 0 Å². The van der Waals surface area contributed by atoms with Crippen molar-refractivity contribution in [3.8, 4) is 0 Å². The largest absolute Gasteiger partial charge is 0.441 e. The first kappa shape index (κ1) is 14.1. The maximum absolute atomic E-state index is 11.9. The van der Waals surface area contributed by atoms with Gasteiger partial charge in [0.1, 0.15) is 0 Å². The summed E-state index contributed by atoms with van der Waals surface area (Å²) >= 11 is 0.0300. The van der Waals surface area contributed by atoms with E-state index in [0.29, 0.717) is 6.54 Å². The number of hydrogen-bond donors (Lipinski definition) is 1. The first-order valence-electron chi connectivity index (χ1n) is 5.46. The lowest BCUT2D eigenvalue weighted by molar-refractivity contribution is -0.0420. The van der Waals surface area contributed by atoms with Crippen LogP contribution in [0.2, 0.25) is 0 Å². The zero-order chi connectivity index (χ0) is 12.2. The molecule has 0 amide bonds. The molecule has 2 nitrogen and oxygen atoms in total. The quantitative estimate of drug-likeness (QED) is 0.782. The molecule has 0 aliphatic carbocycles. The van der Waals surface area contributed by atoms with Crippen molar-refractivity contribution in [1.82, 2.24) is 5.32 Å². The maximum Gasteiger partial charge on any atom is 0.441 e. The second-order valence-electron chi connectivity index (χ2n) is 4.17. The maximum atomic E-state index is 11.9. The van der Waals surface area contributed by atoms with Crippen molar-refractivity contribution in [3.63, 3.8) is 0 Å². The highest BCUT2D eigenvalue weighted by Crippen LogP contribution is 2.29. The normalized spacial score (nSPS) is 31.7. The van der Waals surface area contributed by atoms with Crippen LogP contribution in [0, 0.1) is 0 Å². The van der Waals surface area contributed by atoms with Gasteiger partial charge in [0, 0.05) is 18.3 Å². The zero-order valence-electron chi connectivity index (χ0n) is 9.51. The van der Waals surface area contributed by atoms with E-state index in [9.17, 15) is 13.2 Å². The fourth-order valence-corrected chi connectivity index (χ4v) is 2.45. The van der Waals surface area contributed by atoms with Gasteiger partial charge in [-0.2, -0.15) is 13.2 Å². The van der Waals surface area contributed by atoms with Crippen LogP contribution in [0.5, 0.6) is 0 Å². The molecule has 16 heavy (non-hydrogen) atoms. The first-order valence-corrected chi connectivity index (χ1v) is 6.45. The van der Waals surface area contributed by atoms with E-state index in [0.717, 1.165) is 12.8 Å². The van der Waals surface area contributed by atoms with Crippen molar-refractivity contribution >= 4 is 11.8 Å². The first-order chi connectivity index (χ1) is 7.37. The third-order valence-electron chi connectivity index (χ3n) is 2.50. The molecule has 1 heterocycles. The Morgan fingerprint density at radius 3 is 2.31 bits per heavy atom. The molecule has 0 aromatic rings. The Morgan fingerprint density at radius 1 is 1.25 bits per heavy atom. The number of rotatable bonds is 4. The van der Waals surface area contributed by atoms with Crippen molar-refractivity contribution in [3.05, 3.63) is 0 Å². The number of ether oxygens (including phenoxy) is 1. The van der Waals surface area contributed by atoms with Crippen LogP contribution >= 0.6 is 11.8 Å². The molecule has 96 valence electrons. The van der Waals surface area contributed by atoms with Crippen LogP contribution in [0.3, 0.4) is 0 Å². The van der Waals surface area contributed by atoms with E-state index >= 15 is 0 Å². The number of halogens is 3. The molecule has 2 unspecified atom stereocenters. The summed E-state index contributed by atoms with van der Waals surface area (Å²) in [6, 6.07) is 0.285. The minimum absolute atomic E-state index is 0.0300. The third-order valence-corrected chi connectivity index (χ3v) is 3.23. The van der Waals surface area contributed by atoms with E-state index in [1.807, 2.05) is 13.8 Å². The van der Waals surface area contributed by atoms with Gasteiger partial charge in [0.25, 0.3) is 0 Å². The molecule has 0 aromatic carbocycles. The van der Waals surface area contributed by atoms with Crippen LogP contribution in [0.4, 0.5) is 13.2 Å². The molecule has 1 rings (SSSR count). The Hall–Kier alpha value is 0.0600. The average Bonchev–Trinajstić information content (AvgIpc) is 2.09. The van der Waals surface area contributed by atoms with Crippen LogP contribution in [0.25, 0.3) is 0 Å². The molecule has 0 bridgehead atoms. The van der Waals surface area contributed by atoms with Gasteiger partial charge in [-0.15, -0.1) is 0 Å². The number of alkyl halides is 3. The van der Waals surface area contributed by atoms with Gasteiger partial charge in [-0.3, -0.25) is 0 Å². The van der Waals surface area contributed by atoms with Crippen LogP contribution < -0.4 is 5.32 Å². The number of hydrogen-bond acceptors (Lipinski definition) is 3. The lowest BCUT2D eigenvalue weighted by Crippen LogP contribution is -2.42. The van der Waals surface area contributed by atoms with Gasteiger partial charge in [0.2, 0.25) is 0 Å². The molecule has 1 aliphatic rings. The molecule has 2 atom stereocenters. The van der Waals surface area contributed by atoms with Crippen LogP contribution in [-0.4, -0.2) is 36.1 Å². The van der Waals surface area contributed by atoms with Crippen molar-refractivity contribution in [2.75, 3.05) is 12.3 Å². The van der Waals surface area contributed by atoms with Gasteiger partial charge in [-0.25, -0.2) is 0 Å². The molecule has 1 fully saturated rings. The van der Waals surface area contributed by atoms with Gasteiger partial charge < -0.3 is 10.1 Å². The Bertz CT molecular complexity index is 203. The summed E-state index contributed by atoms with van der Waals surface area (Å²) in [7, 11) is 0. The highest BCUT2D eigenvalue weighted by Gasteiger charge is 2.28. The van der Waals surface area contributed by atoms with Crippen LogP contribution in [-0.2, 0) is 4.74 Å². The SMILES string of the molecule is CC1CC(NCCSC(F)(F)F)CC(C)O1. The molecule has 1 N–H and O–H groups in total. The minimum Gasteiger partial charge on any atom is -0.375 e. The second kappa shape index (κ2) is 6.12. The van der Waals surface area contributed by atoms with Crippen molar-refractivity contribution in [2.24, 2.45) is 0 Å². The highest BCUT2D eigenvalue weighted by atomic mass is 32.2. The zero-order valence-corrected chi connectivity index (χ0v) is 10.3.